The first-order valence-electron chi connectivity index (χ1n) is 6.41. The molecule has 3 nitrogen and oxygen atoms in total. The minimum atomic E-state index is 0.219. The number of carbonyl (C=O) groups is 1. The van der Waals surface area contributed by atoms with Crippen LogP contribution in [0.3, 0.4) is 0 Å². The Morgan fingerprint density at radius 2 is 2.12 bits per heavy atom. The third kappa shape index (κ3) is 4.35. The summed E-state index contributed by atoms with van der Waals surface area (Å²) in [6, 6.07) is 0. The third-order valence-electron chi connectivity index (χ3n) is 3.20. The summed E-state index contributed by atoms with van der Waals surface area (Å²) >= 11 is 0. The molecule has 92 valence electrons. The van der Waals surface area contributed by atoms with Crippen molar-refractivity contribution in [2.24, 2.45) is 5.92 Å². The van der Waals surface area contributed by atoms with E-state index in [2.05, 4.69) is 17.5 Å². The maximum Gasteiger partial charge on any atom is 0.236 e. The second-order valence-electron chi connectivity index (χ2n) is 4.35. The van der Waals surface area contributed by atoms with Gasteiger partial charge in [-0.2, -0.15) is 0 Å². The molecule has 1 amide bonds. The fourth-order valence-electron chi connectivity index (χ4n) is 2.11. The Morgan fingerprint density at radius 1 is 1.38 bits per heavy atom. The summed E-state index contributed by atoms with van der Waals surface area (Å²) in [7, 11) is 0. The van der Waals surface area contributed by atoms with Crippen LogP contribution in [0.25, 0.3) is 0 Å². The number of hydrogen-bond acceptors (Lipinski definition) is 2. The molecule has 0 saturated carbocycles. The number of hydrogen-bond donors (Lipinski definition) is 1. The molecule has 0 saturated heterocycles. The lowest BCUT2D eigenvalue weighted by molar-refractivity contribution is -0.129. The van der Waals surface area contributed by atoms with E-state index < -0.39 is 0 Å². The number of allylic oxidation sites excluding steroid dienone is 2. The van der Waals surface area contributed by atoms with Crippen LogP contribution in [-0.4, -0.2) is 37.0 Å². The number of carbonyl (C=O) groups excluding carboxylic acids is 1. The molecule has 16 heavy (non-hydrogen) atoms. The molecule has 1 aliphatic rings. The molecule has 0 radical (unpaired) electrons. The van der Waals surface area contributed by atoms with E-state index in [0.717, 1.165) is 32.0 Å². The van der Waals surface area contributed by atoms with Crippen molar-refractivity contribution in [2.75, 3.05) is 26.2 Å². The second kappa shape index (κ2) is 7.44. The third-order valence-corrected chi connectivity index (χ3v) is 3.20. The Labute approximate surface area is 98.9 Å². The number of amides is 1. The van der Waals surface area contributed by atoms with Gasteiger partial charge in [-0.1, -0.05) is 12.2 Å². The molecule has 1 rings (SSSR count). The van der Waals surface area contributed by atoms with Crippen molar-refractivity contribution >= 4 is 5.91 Å². The first kappa shape index (κ1) is 13.2. The van der Waals surface area contributed by atoms with Gasteiger partial charge in [-0.3, -0.25) is 4.79 Å². The van der Waals surface area contributed by atoms with Gasteiger partial charge < -0.3 is 10.2 Å². The summed E-state index contributed by atoms with van der Waals surface area (Å²) in [5, 5.41) is 3.28. The van der Waals surface area contributed by atoms with E-state index in [1.165, 1.54) is 12.8 Å². The molecule has 0 spiro atoms. The van der Waals surface area contributed by atoms with Gasteiger partial charge >= 0.3 is 0 Å². The predicted molar refractivity (Wildman–Crippen MR) is 67.3 cm³/mol. The van der Waals surface area contributed by atoms with E-state index in [1.807, 2.05) is 18.7 Å². The average Bonchev–Trinajstić information content (AvgIpc) is 2.32. The number of likely N-dealkylation sites (N-methyl/N-ethyl adjacent to an activating group) is 1. The maximum atomic E-state index is 11.7. The molecule has 1 atom stereocenters. The van der Waals surface area contributed by atoms with Gasteiger partial charge in [-0.25, -0.2) is 0 Å². The highest BCUT2D eigenvalue weighted by Gasteiger charge is 2.12. The first-order valence-corrected chi connectivity index (χ1v) is 6.41. The predicted octanol–water partition coefficient (Wildman–Crippen LogP) is 1.80. The van der Waals surface area contributed by atoms with E-state index in [4.69, 9.17) is 0 Å². The second-order valence-corrected chi connectivity index (χ2v) is 4.35. The van der Waals surface area contributed by atoms with Crippen LogP contribution in [0.4, 0.5) is 0 Å². The van der Waals surface area contributed by atoms with E-state index >= 15 is 0 Å². The molecule has 0 aromatic rings. The highest BCUT2D eigenvalue weighted by Crippen LogP contribution is 2.16. The van der Waals surface area contributed by atoms with E-state index in [9.17, 15) is 4.79 Å². The van der Waals surface area contributed by atoms with Gasteiger partial charge in [-0.05, 0) is 45.6 Å². The fourth-order valence-corrected chi connectivity index (χ4v) is 2.11. The molecule has 0 aromatic heterocycles. The summed E-state index contributed by atoms with van der Waals surface area (Å²) in [6.07, 6.45) is 8.10. The molecule has 3 heteroatoms. The number of nitrogens with zero attached hydrogens (tertiary/aromatic N) is 1. The molecule has 1 N–H and O–H groups in total. The summed E-state index contributed by atoms with van der Waals surface area (Å²) in [5.41, 5.74) is 0. The van der Waals surface area contributed by atoms with Gasteiger partial charge in [0.1, 0.15) is 0 Å². The van der Waals surface area contributed by atoms with Crippen molar-refractivity contribution in [1.82, 2.24) is 10.2 Å². The SMILES string of the molecule is CCN(CC)C(=O)CNCC1CC=CCC1. The molecule has 0 fully saturated rings. The van der Waals surface area contributed by atoms with Crippen molar-refractivity contribution in [3.05, 3.63) is 12.2 Å². The Morgan fingerprint density at radius 3 is 2.69 bits per heavy atom. The van der Waals surface area contributed by atoms with E-state index in [1.54, 1.807) is 0 Å². The summed E-state index contributed by atoms with van der Waals surface area (Å²) in [6.45, 7) is 7.12. The highest BCUT2D eigenvalue weighted by molar-refractivity contribution is 5.78. The van der Waals surface area contributed by atoms with Gasteiger partial charge in [0, 0.05) is 13.1 Å². The van der Waals surface area contributed by atoms with Crippen LogP contribution >= 0.6 is 0 Å². The van der Waals surface area contributed by atoms with Crippen LogP contribution in [0.2, 0.25) is 0 Å². The van der Waals surface area contributed by atoms with Crippen LogP contribution in [-0.2, 0) is 4.79 Å². The summed E-state index contributed by atoms with van der Waals surface area (Å²) in [4.78, 5) is 13.6. The Balaban J connectivity index is 2.14. The minimum Gasteiger partial charge on any atom is -0.342 e. The van der Waals surface area contributed by atoms with Crippen LogP contribution < -0.4 is 5.32 Å². The van der Waals surface area contributed by atoms with Crippen LogP contribution in [0.1, 0.15) is 33.1 Å². The molecule has 1 aliphatic carbocycles. The zero-order valence-electron chi connectivity index (χ0n) is 10.5. The maximum absolute atomic E-state index is 11.7. The quantitative estimate of drug-likeness (QED) is 0.698. The molecular weight excluding hydrogens is 200 g/mol. The molecule has 0 aromatic carbocycles. The fraction of sp³-hybridized carbons (Fsp3) is 0.769. The Bertz CT molecular complexity index is 234. The van der Waals surface area contributed by atoms with E-state index in [0.29, 0.717) is 6.54 Å². The monoisotopic (exact) mass is 224 g/mol. The first-order chi connectivity index (χ1) is 7.77. The lowest BCUT2D eigenvalue weighted by Gasteiger charge is -2.21. The normalized spacial score (nSPS) is 19.8. The molecular formula is C13H24N2O. The minimum absolute atomic E-state index is 0.219. The standard InChI is InChI=1S/C13H24N2O/c1-3-15(4-2)13(16)11-14-10-12-8-6-5-7-9-12/h5-6,12,14H,3-4,7-11H2,1-2H3. The largest absolute Gasteiger partial charge is 0.342 e. The van der Waals surface area contributed by atoms with Crippen LogP contribution in [0, 0.1) is 5.92 Å². The summed E-state index contributed by atoms with van der Waals surface area (Å²) in [5.74, 6) is 0.936. The zero-order valence-corrected chi connectivity index (χ0v) is 10.5. The smallest absolute Gasteiger partial charge is 0.236 e. The molecule has 0 aliphatic heterocycles. The van der Waals surface area contributed by atoms with Gasteiger partial charge in [-0.15, -0.1) is 0 Å². The number of rotatable bonds is 6. The molecule has 0 heterocycles. The van der Waals surface area contributed by atoms with Crippen LogP contribution in [0.15, 0.2) is 12.2 Å². The van der Waals surface area contributed by atoms with E-state index in [-0.39, 0.29) is 5.91 Å². The highest BCUT2D eigenvalue weighted by atomic mass is 16.2. The van der Waals surface area contributed by atoms with Crippen molar-refractivity contribution in [2.45, 2.75) is 33.1 Å². The lowest BCUT2D eigenvalue weighted by atomic mass is 9.94. The Hall–Kier alpha value is -0.830. The van der Waals surface area contributed by atoms with Gasteiger partial charge in [0.2, 0.25) is 5.91 Å². The van der Waals surface area contributed by atoms with Crippen molar-refractivity contribution in [1.29, 1.82) is 0 Å². The topological polar surface area (TPSA) is 32.3 Å². The van der Waals surface area contributed by atoms with Gasteiger partial charge in [0.05, 0.1) is 6.54 Å². The average molecular weight is 224 g/mol. The van der Waals surface area contributed by atoms with Crippen molar-refractivity contribution in [3.8, 4) is 0 Å². The Kier molecular flexibility index (Phi) is 6.16. The lowest BCUT2D eigenvalue weighted by Crippen LogP contribution is -2.39. The van der Waals surface area contributed by atoms with Crippen molar-refractivity contribution < 1.29 is 4.79 Å². The van der Waals surface area contributed by atoms with Gasteiger partial charge in [0.15, 0.2) is 0 Å². The van der Waals surface area contributed by atoms with Crippen molar-refractivity contribution in [3.63, 3.8) is 0 Å². The molecule has 1 unspecified atom stereocenters. The number of nitrogens with one attached hydrogen (secondary N) is 1. The summed E-state index contributed by atoms with van der Waals surface area (Å²) < 4.78 is 0. The van der Waals surface area contributed by atoms with Gasteiger partial charge in [0.25, 0.3) is 0 Å². The van der Waals surface area contributed by atoms with Crippen LogP contribution in [0.5, 0.6) is 0 Å². The zero-order chi connectivity index (χ0) is 11.8. The molecule has 0 bridgehead atoms.